The fraction of sp³-hybridized carbons (Fsp3) is 0.663. The van der Waals surface area contributed by atoms with Crippen LogP contribution < -0.4 is 146 Å². The number of carboxylic acids is 1. The van der Waals surface area contributed by atoms with Gasteiger partial charge in [0.2, 0.25) is 70.9 Å². The van der Waals surface area contributed by atoms with Gasteiger partial charge in [-0.1, -0.05) is 12.5 Å². The zero-order valence-corrected chi connectivity index (χ0v) is 77.8. The number of likely N-dealkylation sites (tertiary alicyclic amines) is 2. The van der Waals surface area contributed by atoms with Gasteiger partial charge in [-0.25, -0.2) is 4.79 Å². The lowest BCUT2D eigenvalue weighted by Gasteiger charge is -2.28. The number of ether oxygens (including phenoxy) is 2. The van der Waals surface area contributed by atoms with E-state index in [4.69, 9.17) is 93.5 Å². The van der Waals surface area contributed by atoms with E-state index in [1.165, 1.54) is 30.9 Å². The third kappa shape index (κ3) is 46.5. The van der Waals surface area contributed by atoms with Crippen LogP contribution in [0.1, 0.15) is 196 Å². The number of thioether (sulfide) groups is 1. The van der Waals surface area contributed by atoms with Gasteiger partial charge in [0.15, 0.2) is 47.3 Å². The Morgan fingerprint density at radius 1 is 0.470 bits per heavy atom. The lowest BCUT2D eigenvalue weighted by atomic mass is 10.0. The van der Waals surface area contributed by atoms with Gasteiger partial charge in [0.25, 0.3) is 5.91 Å². The number of unbranched alkanes of at least 4 members (excludes halogenated alkanes) is 4. The summed E-state index contributed by atoms with van der Waals surface area (Å²) < 4.78 is 11.3. The Morgan fingerprint density at radius 2 is 0.843 bits per heavy atom. The highest BCUT2D eigenvalue weighted by Crippen LogP contribution is 2.34. The zero-order chi connectivity index (χ0) is 99.6. The lowest BCUT2D eigenvalue weighted by Crippen LogP contribution is -2.60. The molecule has 134 heavy (non-hydrogen) atoms. The Labute approximate surface area is 785 Å². The Bertz CT molecular complexity index is 4080. The standard InChI is InChI=1S/C83H147N33O17S/c1-4-41-115-42-18-21-50(115)48-105-67(120)51-45-49(46-61(132-2)66(51)133-3)20-19-44-134-62-47-65(119)116(76(62)129)43-11-5-6-30-64(118)106-52(24-12-35-99-78(87)88)68(121)107-53(22-7-9-33-84)69(122)108-54(23-8-10-34-85)70(123)109-55(25-13-36-100-79(89)90)71(124)110-57(27-15-38-102-81(93)94)73(126)113-59(31-32-63(86)117)75(128)112-56(26-14-37-101-80(91)92)72(125)111-58(28-16-39-103-82(95)96)74(127)114-60(77(130)131)29-17-40-104-83(97)98/h4,45-46,50,52-60,62H,1,5-44,47-48,84-85H2,2-3H3,(H2,86,117)(H,105,120)(H,106,118)(H,107,121)(H,108,122)(H,109,123)(H,110,124)(H,111,125)(H,112,128)(H,113,126)(H,114,127)(H,130,131)(H4,87,88,99)(H4,89,90,100)(H4,91,92,101)(H4,93,94,102)(H4,95,96,103)(H4,97,98,104)/t50-,52-,53-,54-,55-,56-,57-,58-,59-,60-,62?/m0/s1. The summed E-state index contributed by atoms with van der Waals surface area (Å²) in [4.78, 5) is 200. The topological polar surface area (TPSA) is 854 Å². The van der Waals surface area contributed by atoms with Crippen molar-refractivity contribution in [2.24, 2.45) is 51.6 Å². The molecule has 0 aromatic heterocycles. The minimum absolute atomic E-state index is 0.00251. The van der Waals surface area contributed by atoms with Crippen LogP contribution in [0, 0.1) is 32.5 Å². The molecule has 2 saturated heterocycles. The van der Waals surface area contributed by atoms with Crippen LogP contribution in [-0.2, 0) is 68.7 Å². The van der Waals surface area contributed by atoms with Gasteiger partial charge in [-0.05, 0) is 204 Å². The Morgan fingerprint density at radius 3 is 1.20 bits per heavy atom. The number of nitrogens with zero attached hydrogens (tertiary/aromatic N) is 2. The highest BCUT2D eigenvalue weighted by atomic mass is 32.2. The van der Waals surface area contributed by atoms with Crippen molar-refractivity contribution in [2.75, 3.05) is 98.5 Å². The van der Waals surface area contributed by atoms with Crippen molar-refractivity contribution in [3.63, 3.8) is 0 Å². The number of carbonyl (C=O) groups excluding carboxylic acids is 13. The number of primary amides is 1. The van der Waals surface area contributed by atoms with Crippen molar-refractivity contribution in [2.45, 2.75) is 252 Å². The van der Waals surface area contributed by atoms with Gasteiger partial charge in [0, 0.05) is 84.2 Å². The molecule has 0 radical (unpaired) electrons. The maximum atomic E-state index is 15.0. The first kappa shape index (κ1) is 115. The average Bonchev–Trinajstić information content (AvgIpc) is 1.13. The van der Waals surface area contributed by atoms with E-state index < -0.39 is 161 Å². The molecule has 1 aromatic carbocycles. The fourth-order valence-electron chi connectivity index (χ4n) is 14.7. The second-order valence-corrected chi connectivity index (χ2v) is 33.8. The molecule has 13 amide bonds. The number of methoxy groups -OCH3 is 2. The predicted octanol–water partition coefficient (Wildman–Crippen LogP) is -6.01. The molecule has 1 aromatic rings. The number of nitrogens with one attached hydrogen (secondary N) is 22. The number of carbonyl (C=O) groups is 14. The van der Waals surface area contributed by atoms with Crippen LogP contribution in [0.4, 0.5) is 0 Å². The predicted molar refractivity (Wildman–Crippen MR) is 505 cm³/mol. The largest absolute Gasteiger partial charge is 0.493 e. The number of imide groups is 1. The normalized spacial score (nSPS) is 15.4. The molecule has 0 spiro atoms. The summed E-state index contributed by atoms with van der Waals surface area (Å²) in [5.41, 5.74) is 51.6. The molecule has 752 valence electrons. The number of rotatable bonds is 71. The van der Waals surface area contributed by atoms with E-state index in [0.717, 1.165) is 31.5 Å². The van der Waals surface area contributed by atoms with Crippen LogP contribution in [0.3, 0.4) is 0 Å². The molecule has 11 atom stereocenters. The summed E-state index contributed by atoms with van der Waals surface area (Å²) in [6, 6.07) is -9.94. The Hall–Kier alpha value is -12.8. The van der Waals surface area contributed by atoms with E-state index >= 15 is 0 Å². The van der Waals surface area contributed by atoms with Gasteiger partial charge in [-0.2, -0.15) is 0 Å². The van der Waals surface area contributed by atoms with Crippen LogP contribution >= 0.6 is 11.8 Å². The molecule has 0 saturated carbocycles. The van der Waals surface area contributed by atoms with Crippen molar-refractivity contribution in [1.82, 2.24) is 94.9 Å². The van der Waals surface area contributed by atoms with Crippen molar-refractivity contribution >= 4 is 130 Å². The van der Waals surface area contributed by atoms with Crippen molar-refractivity contribution < 1.29 is 81.7 Å². The van der Waals surface area contributed by atoms with Crippen molar-refractivity contribution in [3.05, 3.63) is 35.9 Å². The van der Waals surface area contributed by atoms with Gasteiger partial charge in [-0.3, -0.25) is 105 Å². The van der Waals surface area contributed by atoms with Gasteiger partial charge in [0.05, 0.1) is 25.0 Å². The van der Waals surface area contributed by atoms with Crippen LogP contribution in [-0.4, -0.2) is 298 Å². The highest BCUT2D eigenvalue weighted by Gasteiger charge is 2.40. The van der Waals surface area contributed by atoms with E-state index in [2.05, 4.69) is 96.5 Å². The van der Waals surface area contributed by atoms with Gasteiger partial charge in [-0.15, -0.1) is 18.3 Å². The van der Waals surface area contributed by atoms with Gasteiger partial charge >= 0.3 is 5.97 Å². The van der Waals surface area contributed by atoms with Crippen LogP contribution in [0.25, 0.3) is 0 Å². The first-order chi connectivity index (χ1) is 63.9. The van der Waals surface area contributed by atoms with Gasteiger partial charge in [0.1, 0.15) is 54.4 Å². The van der Waals surface area contributed by atoms with E-state index in [1.54, 1.807) is 6.07 Å². The number of aliphatic carboxylic acids is 1. The molecule has 0 aliphatic carbocycles. The van der Waals surface area contributed by atoms with E-state index in [9.17, 15) is 72.2 Å². The molecule has 41 N–H and O–H groups in total. The SMILES string of the molecule is C=CCN1CCC[C@H]1CNC(=O)c1cc(CCCSC2CC(=O)N(CCCCCC(=O)N[C@@H](CCCNC(=N)N)C(=O)N[C@@H](CCCCN)C(=O)N[C@@H](CCCCN)C(=O)N[C@@H](CCCNC(=N)N)C(=O)N[C@@H](CCCNC(=N)N)C(=O)N[C@@H](CCC(N)=O)C(=O)N[C@@H](CCCNC(=N)N)C(=O)N[C@@H](CCCNC(=N)N)C(=O)N[C@@H](CCCNC(=N)N)C(=O)O)C2=O)cc(OC)c1OC. The van der Waals surface area contributed by atoms with Crippen LogP contribution in [0.15, 0.2) is 24.8 Å². The number of guanidine groups is 6. The summed E-state index contributed by atoms with van der Waals surface area (Å²) in [7, 11) is 2.97. The summed E-state index contributed by atoms with van der Waals surface area (Å²) in [6.07, 6.45) is 5.19. The molecule has 0 bridgehead atoms. The van der Waals surface area contributed by atoms with Crippen molar-refractivity contribution in [3.8, 4) is 11.5 Å². The molecule has 2 heterocycles. The number of aryl methyl sites for hydroxylation is 1. The number of benzene rings is 1. The fourth-order valence-corrected chi connectivity index (χ4v) is 15.9. The second kappa shape index (κ2) is 64.9. The molecule has 51 heteroatoms. The Kier molecular flexibility index (Phi) is 55.9. The molecule has 50 nitrogen and oxygen atoms in total. The van der Waals surface area contributed by atoms with Crippen LogP contribution in [0.5, 0.6) is 11.5 Å². The summed E-state index contributed by atoms with van der Waals surface area (Å²) >= 11 is 1.38. The minimum atomic E-state index is -1.75. The number of carboxylic acid groups (broad SMARTS) is 1. The number of hydrogen-bond donors (Lipinski definition) is 32. The first-order valence-electron chi connectivity index (χ1n) is 45.3. The first-order valence-corrected chi connectivity index (χ1v) is 46.4. The minimum Gasteiger partial charge on any atom is -0.493 e. The number of nitrogens with two attached hydrogens (primary N) is 9. The molecule has 2 aliphatic heterocycles. The average molecular weight is 1910 g/mol. The quantitative estimate of drug-likeness (QED) is 0.00949. The molecule has 3 rings (SSSR count). The third-order valence-electron chi connectivity index (χ3n) is 21.7. The zero-order valence-electron chi connectivity index (χ0n) is 77.0. The molecule has 1 unspecified atom stereocenters. The van der Waals surface area contributed by atoms with Gasteiger partial charge < -0.3 is 151 Å². The smallest absolute Gasteiger partial charge is 0.326 e. The number of hydrogen-bond acceptors (Lipinski definition) is 26. The molecule has 2 fully saturated rings. The lowest BCUT2D eigenvalue weighted by molar-refractivity contribution is -0.142. The second-order valence-electron chi connectivity index (χ2n) is 32.4. The molecule has 2 aliphatic rings. The third-order valence-corrected chi connectivity index (χ3v) is 23.0. The summed E-state index contributed by atoms with van der Waals surface area (Å²) in [6.45, 7) is 6.49. The molecular weight excluding hydrogens is 1760 g/mol. The van der Waals surface area contributed by atoms with Crippen LogP contribution in [0.2, 0.25) is 0 Å². The van der Waals surface area contributed by atoms with E-state index in [-0.39, 0.29) is 217 Å². The molecular formula is C83H147N33O17S. The highest BCUT2D eigenvalue weighted by molar-refractivity contribution is 8.00. The maximum absolute atomic E-state index is 15.0. The van der Waals surface area contributed by atoms with E-state index in [1.807, 2.05) is 12.1 Å². The maximum Gasteiger partial charge on any atom is 0.326 e. The number of amides is 13. The Balaban J connectivity index is 1.89. The van der Waals surface area contributed by atoms with Crippen molar-refractivity contribution in [1.29, 1.82) is 32.5 Å². The van der Waals surface area contributed by atoms with E-state index in [0.29, 0.717) is 67.9 Å². The summed E-state index contributed by atoms with van der Waals surface area (Å²) in [5.74, 6) is -12.9. The monoisotopic (exact) mass is 1910 g/mol. The summed E-state index contributed by atoms with van der Waals surface area (Å²) in [5, 5.41) is 97.4.